The maximum absolute atomic E-state index is 12.4. The lowest BCUT2D eigenvalue weighted by atomic mass is 10.0. The van der Waals surface area contributed by atoms with Gasteiger partial charge in [-0.15, -0.1) is 0 Å². The minimum atomic E-state index is -0.864. The number of carbonyl (C=O) groups is 2. The summed E-state index contributed by atoms with van der Waals surface area (Å²) < 4.78 is 5.26. The molecule has 0 atom stereocenters. The highest BCUT2D eigenvalue weighted by Gasteiger charge is 2.56. The number of hydrogen-bond acceptors (Lipinski definition) is 3. The van der Waals surface area contributed by atoms with Crippen molar-refractivity contribution in [2.45, 2.75) is 33.2 Å². The molecule has 22 heavy (non-hydrogen) atoms. The van der Waals surface area contributed by atoms with E-state index in [-0.39, 0.29) is 11.8 Å². The molecule has 1 aromatic rings. The van der Waals surface area contributed by atoms with E-state index in [0.717, 1.165) is 11.3 Å². The zero-order chi connectivity index (χ0) is 16.2. The zero-order valence-corrected chi connectivity index (χ0v) is 13.4. The van der Waals surface area contributed by atoms with Gasteiger partial charge in [0.1, 0.15) is 11.2 Å². The van der Waals surface area contributed by atoms with Gasteiger partial charge in [0.15, 0.2) is 0 Å². The molecule has 0 unspecified atom stereocenters. The molecular formula is C17H24N2O3. The molecule has 2 amide bonds. The average Bonchev–Trinajstić information content (AvgIpc) is 3.32. The van der Waals surface area contributed by atoms with Crippen LogP contribution in [0, 0.1) is 11.3 Å². The van der Waals surface area contributed by atoms with E-state index in [1.807, 2.05) is 38.1 Å². The number of methoxy groups -OCH3 is 1. The smallest absolute Gasteiger partial charge is 0.235 e. The fraction of sp³-hybridized carbons (Fsp3) is 0.529. The molecule has 0 saturated heterocycles. The summed E-state index contributed by atoms with van der Waals surface area (Å²) in [7, 11) is 1.60. The van der Waals surface area contributed by atoms with Crippen LogP contribution in [-0.2, 0) is 16.1 Å². The normalized spacial score (nSPS) is 15.3. The first-order valence-corrected chi connectivity index (χ1v) is 7.68. The Kier molecular flexibility index (Phi) is 5.06. The third-order valence-corrected chi connectivity index (χ3v) is 3.92. The molecule has 1 fully saturated rings. The molecular weight excluding hydrogens is 280 g/mol. The van der Waals surface area contributed by atoms with Crippen molar-refractivity contribution in [3.05, 3.63) is 29.8 Å². The Bertz CT molecular complexity index is 551. The summed E-state index contributed by atoms with van der Waals surface area (Å²) in [6.07, 6.45) is 1.24. The molecule has 1 aliphatic rings. The molecule has 0 spiro atoms. The third-order valence-electron chi connectivity index (χ3n) is 3.92. The second kappa shape index (κ2) is 6.81. The topological polar surface area (TPSA) is 67.4 Å². The first-order chi connectivity index (χ1) is 10.5. The van der Waals surface area contributed by atoms with Gasteiger partial charge < -0.3 is 15.4 Å². The van der Waals surface area contributed by atoms with Crippen molar-refractivity contribution in [2.24, 2.45) is 11.3 Å². The molecule has 2 N–H and O–H groups in total. The van der Waals surface area contributed by atoms with E-state index in [1.165, 1.54) is 0 Å². The fourth-order valence-electron chi connectivity index (χ4n) is 2.34. The number of ether oxygens (including phenoxy) is 1. The Hall–Kier alpha value is -2.04. The highest BCUT2D eigenvalue weighted by atomic mass is 16.5. The lowest BCUT2D eigenvalue weighted by Gasteiger charge is -2.17. The van der Waals surface area contributed by atoms with Gasteiger partial charge in [-0.2, -0.15) is 0 Å². The van der Waals surface area contributed by atoms with Crippen LogP contribution in [0.5, 0.6) is 5.75 Å². The zero-order valence-electron chi connectivity index (χ0n) is 13.4. The van der Waals surface area contributed by atoms with Crippen LogP contribution in [0.1, 0.15) is 32.3 Å². The second-order valence-electron chi connectivity index (χ2n) is 6.18. The monoisotopic (exact) mass is 304 g/mol. The van der Waals surface area contributed by atoms with E-state index in [0.29, 0.717) is 31.8 Å². The molecule has 1 saturated carbocycles. The van der Waals surface area contributed by atoms with Gasteiger partial charge in [-0.1, -0.05) is 32.0 Å². The molecule has 1 aliphatic carbocycles. The summed E-state index contributed by atoms with van der Waals surface area (Å²) in [4.78, 5) is 24.6. The molecule has 0 heterocycles. The number of rotatable bonds is 7. The van der Waals surface area contributed by atoms with Crippen LogP contribution in [0.4, 0.5) is 0 Å². The van der Waals surface area contributed by atoms with Gasteiger partial charge in [0, 0.05) is 18.7 Å². The molecule has 0 aromatic heterocycles. The Morgan fingerprint density at radius 3 is 2.41 bits per heavy atom. The van der Waals surface area contributed by atoms with Crippen LogP contribution >= 0.6 is 0 Å². The van der Waals surface area contributed by atoms with Crippen molar-refractivity contribution >= 4 is 11.8 Å². The van der Waals surface area contributed by atoms with Crippen LogP contribution in [-0.4, -0.2) is 25.5 Å². The summed E-state index contributed by atoms with van der Waals surface area (Å²) in [6, 6.07) is 7.53. The van der Waals surface area contributed by atoms with Crippen molar-refractivity contribution < 1.29 is 14.3 Å². The summed E-state index contributed by atoms with van der Waals surface area (Å²) in [5, 5.41) is 5.73. The SMILES string of the molecule is COc1ccccc1CNC(=O)C1(C(=O)NCC(C)C)CC1. The number of hydrogen-bond donors (Lipinski definition) is 2. The molecule has 2 rings (SSSR count). The first-order valence-electron chi connectivity index (χ1n) is 7.68. The number of para-hydroxylation sites is 1. The van der Waals surface area contributed by atoms with Gasteiger partial charge in [-0.3, -0.25) is 9.59 Å². The lowest BCUT2D eigenvalue weighted by molar-refractivity contribution is -0.137. The van der Waals surface area contributed by atoms with Gasteiger partial charge in [-0.25, -0.2) is 0 Å². The third kappa shape index (κ3) is 3.59. The van der Waals surface area contributed by atoms with E-state index in [9.17, 15) is 9.59 Å². The number of benzene rings is 1. The van der Waals surface area contributed by atoms with E-state index >= 15 is 0 Å². The number of carbonyl (C=O) groups excluding carboxylic acids is 2. The van der Waals surface area contributed by atoms with Gasteiger partial charge >= 0.3 is 0 Å². The maximum Gasteiger partial charge on any atom is 0.235 e. The molecule has 0 bridgehead atoms. The first kappa shape index (κ1) is 16.3. The molecule has 5 nitrogen and oxygen atoms in total. The fourth-order valence-corrected chi connectivity index (χ4v) is 2.34. The largest absolute Gasteiger partial charge is 0.496 e. The van der Waals surface area contributed by atoms with Gasteiger partial charge in [0.05, 0.1) is 7.11 Å². The minimum Gasteiger partial charge on any atom is -0.496 e. The summed E-state index contributed by atoms with van der Waals surface area (Å²) >= 11 is 0. The quantitative estimate of drug-likeness (QED) is 0.756. The van der Waals surface area contributed by atoms with Crippen LogP contribution in [0.15, 0.2) is 24.3 Å². The Morgan fingerprint density at radius 2 is 1.82 bits per heavy atom. The molecule has 120 valence electrons. The minimum absolute atomic E-state index is 0.154. The van der Waals surface area contributed by atoms with E-state index in [4.69, 9.17) is 4.74 Å². The molecule has 5 heteroatoms. The van der Waals surface area contributed by atoms with Gasteiger partial charge in [0.2, 0.25) is 11.8 Å². The Morgan fingerprint density at radius 1 is 1.18 bits per heavy atom. The van der Waals surface area contributed by atoms with Crippen molar-refractivity contribution in [2.75, 3.05) is 13.7 Å². The van der Waals surface area contributed by atoms with Crippen LogP contribution in [0.25, 0.3) is 0 Å². The predicted molar refractivity (Wildman–Crippen MR) is 84.4 cm³/mol. The second-order valence-corrected chi connectivity index (χ2v) is 6.18. The standard InChI is InChI=1S/C17H24N2O3/c1-12(2)10-18-15(20)17(8-9-17)16(21)19-11-13-6-4-5-7-14(13)22-3/h4-7,12H,8-11H2,1-3H3,(H,18,20)(H,19,21). The average molecular weight is 304 g/mol. The summed E-state index contributed by atoms with van der Waals surface area (Å²) in [5.41, 5.74) is 0.0356. The predicted octanol–water partition coefficient (Wildman–Crippen LogP) is 1.86. The van der Waals surface area contributed by atoms with Gasteiger partial charge in [-0.05, 0) is 24.8 Å². The molecule has 0 aliphatic heterocycles. The van der Waals surface area contributed by atoms with Crippen molar-refractivity contribution in [1.82, 2.24) is 10.6 Å². The highest BCUT2D eigenvalue weighted by molar-refractivity contribution is 6.07. The number of amides is 2. The maximum atomic E-state index is 12.4. The van der Waals surface area contributed by atoms with Gasteiger partial charge in [0.25, 0.3) is 0 Å². The van der Waals surface area contributed by atoms with Crippen LogP contribution in [0.2, 0.25) is 0 Å². The van der Waals surface area contributed by atoms with Crippen molar-refractivity contribution in [3.63, 3.8) is 0 Å². The number of nitrogens with one attached hydrogen (secondary N) is 2. The lowest BCUT2D eigenvalue weighted by Crippen LogP contribution is -2.43. The van der Waals surface area contributed by atoms with Crippen molar-refractivity contribution in [3.8, 4) is 5.75 Å². The summed E-state index contributed by atoms with van der Waals surface area (Å²) in [6.45, 7) is 5.02. The van der Waals surface area contributed by atoms with Crippen LogP contribution in [0.3, 0.4) is 0 Å². The molecule has 0 radical (unpaired) electrons. The summed E-state index contributed by atoms with van der Waals surface area (Å²) in [5.74, 6) is 0.756. The van der Waals surface area contributed by atoms with Crippen molar-refractivity contribution in [1.29, 1.82) is 0 Å². The van der Waals surface area contributed by atoms with E-state index < -0.39 is 5.41 Å². The van der Waals surface area contributed by atoms with E-state index in [1.54, 1.807) is 7.11 Å². The van der Waals surface area contributed by atoms with Crippen LogP contribution < -0.4 is 15.4 Å². The molecule has 1 aromatic carbocycles. The van der Waals surface area contributed by atoms with E-state index in [2.05, 4.69) is 10.6 Å². The Labute approximate surface area is 131 Å². The Balaban J connectivity index is 1.93. The highest BCUT2D eigenvalue weighted by Crippen LogP contribution is 2.46.